The molecule has 0 aromatic carbocycles. The van der Waals surface area contributed by atoms with Gasteiger partial charge < -0.3 is 19.1 Å². The standard InChI is InChI=1S/C59H115NO6/c1-7-11-15-19-23-29-37-47-55(45-35-18-14-10-4)59(63)65-53-43-33-27-22-25-31-39-49-56(66-57(61)50-40-41-51-60(5)6)48-38-30-24-21-26-32-42-52-64-58(62)54(44-34-17-13-9-3)46-36-28-20-16-12-8-2/h54-56H,7-53H2,1-6H3. The Kier molecular flexibility index (Phi) is 50.0. The van der Waals surface area contributed by atoms with Gasteiger partial charge in [0.1, 0.15) is 6.10 Å². The number of esters is 3. The molecule has 0 aliphatic carbocycles. The van der Waals surface area contributed by atoms with Crippen molar-refractivity contribution in [3.8, 4) is 0 Å². The second-order valence-corrected chi connectivity index (χ2v) is 20.8. The van der Waals surface area contributed by atoms with Gasteiger partial charge in [0, 0.05) is 6.42 Å². The predicted molar refractivity (Wildman–Crippen MR) is 283 cm³/mol. The Labute approximate surface area is 411 Å². The fourth-order valence-electron chi connectivity index (χ4n) is 9.42. The van der Waals surface area contributed by atoms with Crippen LogP contribution in [0.2, 0.25) is 0 Å². The van der Waals surface area contributed by atoms with Crippen LogP contribution in [0.1, 0.15) is 310 Å². The van der Waals surface area contributed by atoms with Gasteiger partial charge in [0.2, 0.25) is 0 Å². The number of nitrogens with zero attached hydrogens (tertiary/aromatic N) is 1. The van der Waals surface area contributed by atoms with Gasteiger partial charge in [-0.15, -0.1) is 0 Å². The first-order valence-electron chi connectivity index (χ1n) is 29.5. The maximum absolute atomic E-state index is 13.0. The molecule has 0 heterocycles. The summed E-state index contributed by atoms with van der Waals surface area (Å²) in [5.41, 5.74) is 0. The second-order valence-electron chi connectivity index (χ2n) is 20.8. The molecule has 7 heteroatoms. The molecule has 0 aliphatic heterocycles. The highest BCUT2D eigenvalue weighted by Crippen LogP contribution is 2.23. The molecule has 0 aliphatic rings. The molecular weight excluding hydrogens is 819 g/mol. The first-order valence-corrected chi connectivity index (χ1v) is 29.5. The Balaban J connectivity index is 4.46. The molecule has 0 saturated carbocycles. The van der Waals surface area contributed by atoms with Crippen LogP contribution in [0.4, 0.5) is 0 Å². The number of ether oxygens (including phenoxy) is 3. The molecule has 0 spiro atoms. The Morgan fingerprint density at radius 3 is 0.970 bits per heavy atom. The minimum absolute atomic E-state index is 0.0222. The third-order valence-electron chi connectivity index (χ3n) is 13.9. The zero-order valence-corrected chi connectivity index (χ0v) is 45.4. The molecule has 3 unspecified atom stereocenters. The Morgan fingerprint density at radius 2 is 0.636 bits per heavy atom. The van der Waals surface area contributed by atoms with Crippen molar-refractivity contribution in [3.05, 3.63) is 0 Å². The number of carbonyl (C=O) groups excluding carboxylic acids is 3. The van der Waals surface area contributed by atoms with Crippen LogP contribution in [0, 0.1) is 11.8 Å². The summed E-state index contributed by atoms with van der Waals surface area (Å²) in [7, 11) is 4.16. The minimum Gasteiger partial charge on any atom is -0.465 e. The Bertz CT molecular complexity index is 1030. The second kappa shape index (κ2) is 51.2. The fourth-order valence-corrected chi connectivity index (χ4v) is 9.42. The average molecular weight is 935 g/mol. The topological polar surface area (TPSA) is 82.1 Å². The van der Waals surface area contributed by atoms with Gasteiger partial charge in [0.15, 0.2) is 0 Å². The van der Waals surface area contributed by atoms with E-state index in [1.807, 2.05) is 0 Å². The third-order valence-corrected chi connectivity index (χ3v) is 13.9. The Hall–Kier alpha value is -1.63. The molecule has 3 atom stereocenters. The predicted octanol–water partition coefficient (Wildman–Crippen LogP) is 18.0. The van der Waals surface area contributed by atoms with E-state index in [0.717, 1.165) is 122 Å². The van der Waals surface area contributed by atoms with E-state index in [9.17, 15) is 14.4 Å². The molecule has 0 aromatic rings. The lowest BCUT2D eigenvalue weighted by molar-refractivity contribution is -0.150. The van der Waals surface area contributed by atoms with E-state index in [-0.39, 0.29) is 35.8 Å². The molecular formula is C59H115NO6. The van der Waals surface area contributed by atoms with Crippen LogP contribution in [-0.4, -0.2) is 62.8 Å². The molecule has 392 valence electrons. The van der Waals surface area contributed by atoms with Crippen molar-refractivity contribution in [2.24, 2.45) is 11.8 Å². The normalized spacial score (nSPS) is 13.0. The van der Waals surface area contributed by atoms with Crippen molar-refractivity contribution >= 4 is 17.9 Å². The smallest absolute Gasteiger partial charge is 0.308 e. The van der Waals surface area contributed by atoms with Gasteiger partial charge in [-0.05, 0) is 97.7 Å². The molecule has 0 bridgehead atoms. The monoisotopic (exact) mass is 934 g/mol. The summed E-state index contributed by atoms with van der Waals surface area (Å²) in [6.45, 7) is 11.2. The summed E-state index contributed by atoms with van der Waals surface area (Å²) in [5, 5.41) is 0. The van der Waals surface area contributed by atoms with E-state index in [0.29, 0.717) is 19.6 Å². The number of unbranched alkanes of at least 4 members (excludes halogenated alkanes) is 30. The zero-order valence-electron chi connectivity index (χ0n) is 45.4. The van der Waals surface area contributed by atoms with Crippen LogP contribution in [0.5, 0.6) is 0 Å². The fraction of sp³-hybridized carbons (Fsp3) is 0.949. The van der Waals surface area contributed by atoms with Gasteiger partial charge in [-0.2, -0.15) is 0 Å². The van der Waals surface area contributed by atoms with E-state index in [1.165, 1.54) is 161 Å². The number of hydrogen-bond donors (Lipinski definition) is 0. The third kappa shape index (κ3) is 44.9. The Morgan fingerprint density at radius 1 is 0.348 bits per heavy atom. The van der Waals surface area contributed by atoms with Crippen LogP contribution < -0.4 is 0 Å². The van der Waals surface area contributed by atoms with Crippen molar-refractivity contribution in [1.29, 1.82) is 0 Å². The molecule has 66 heavy (non-hydrogen) atoms. The van der Waals surface area contributed by atoms with Crippen molar-refractivity contribution < 1.29 is 28.6 Å². The van der Waals surface area contributed by atoms with Crippen LogP contribution in [0.25, 0.3) is 0 Å². The molecule has 0 aromatic heterocycles. The lowest BCUT2D eigenvalue weighted by Crippen LogP contribution is -2.19. The molecule has 7 nitrogen and oxygen atoms in total. The highest BCUT2D eigenvalue weighted by Gasteiger charge is 2.21. The largest absolute Gasteiger partial charge is 0.465 e. The van der Waals surface area contributed by atoms with Crippen molar-refractivity contribution in [2.75, 3.05) is 33.9 Å². The van der Waals surface area contributed by atoms with Crippen molar-refractivity contribution in [2.45, 2.75) is 316 Å². The lowest BCUT2D eigenvalue weighted by atomic mass is 9.94. The van der Waals surface area contributed by atoms with Crippen LogP contribution in [-0.2, 0) is 28.6 Å². The SMILES string of the molecule is CCCCCCCCCC(CCCCCC)C(=O)OCCCCCCCCCC(CCCCCCCCCOC(=O)C(CCCCCC)CCCCCCCC)OC(=O)CCCCN(C)C. The highest BCUT2D eigenvalue weighted by atomic mass is 16.5. The summed E-state index contributed by atoms with van der Waals surface area (Å²) >= 11 is 0. The van der Waals surface area contributed by atoms with Crippen molar-refractivity contribution in [1.82, 2.24) is 4.90 Å². The maximum atomic E-state index is 13.0. The summed E-state index contributed by atoms with van der Waals surface area (Å²) in [5.74, 6) is 0.271. The summed E-state index contributed by atoms with van der Waals surface area (Å²) < 4.78 is 17.8. The first-order chi connectivity index (χ1) is 32.3. The van der Waals surface area contributed by atoms with Crippen LogP contribution in [0.3, 0.4) is 0 Å². The van der Waals surface area contributed by atoms with Gasteiger partial charge in [-0.25, -0.2) is 0 Å². The first kappa shape index (κ1) is 64.4. The van der Waals surface area contributed by atoms with Crippen LogP contribution in [0.15, 0.2) is 0 Å². The summed E-state index contributed by atoms with van der Waals surface area (Å²) in [6, 6.07) is 0. The molecule has 0 rings (SSSR count). The molecule has 0 amide bonds. The van der Waals surface area contributed by atoms with E-state index in [2.05, 4.69) is 46.7 Å². The summed E-state index contributed by atoms with van der Waals surface area (Å²) in [4.78, 5) is 41.0. The molecule has 0 saturated heterocycles. The van der Waals surface area contributed by atoms with E-state index in [4.69, 9.17) is 14.2 Å². The summed E-state index contributed by atoms with van der Waals surface area (Å²) in [6.07, 6.45) is 50.7. The van der Waals surface area contributed by atoms with Gasteiger partial charge >= 0.3 is 17.9 Å². The quantitative estimate of drug-likeness (QED) is 0.0341. The van der Waals surface area contributed by atoms with Gasteiger partial charge in [0.25, 0.3) is 0 Å². The van der Waals surface area contributed by atoms with Gasteiger partial charge in [-0.1, -0.05) is 227 Å². The van der Waals surface area contributed by atoms with E-state index >= 15 is 0 Å². The van der Waals surface area contributed by atoms with E-state index in [1.54, 1.807) is 0 Å². The zero-order chi connectivity index (χ0) is 48.4. The molecule has 0 N–H and O–H groups in total. The van der Waals surface area contributed by atoms with Crippen molar-refractivity contribution in [3.63, 3.8) is 0 Å². The molecule has 0 fully saturated rings. The van der Waals surface area contributed by atoms with Gasteiger partial charge in [-0.3, -0.25) is 14.4 Å². The molecule has 0 radical (unpaired) electrons. The maximum Gasteiger partial charge on any atom is 0.308 e. The van der Waals surface area contributed by atoms with E-state index < -0.39 is 0 Å². The lowest BCUT2D eigenvalue weighted by Gasteiger charge is -2.18. The average Bonchev–Trinajstić information content (AvgIpc) is 3.30. The van der Waals surface area contributed by atoms with Crippen LogP contribution >= 0.6 is 0 Å². The number of carbonyl (C=O) groups is 3. The number of hydrogen-bond acceptors (Lipinski definition) is 7. The minimum atomic E-state index is -0.0222. The highest BCUT2D eigenvalue weighted by molar-refractivity contribution is 5.72. The van der Waals surface area contributed by atoms with Gasteiger partial charge in [0.05, 0.1) is 25.0 Å². The number of rotatable bonds is 53.